The highest BCUT2D eigenvalue weighted by Gasteiger charge is 2.28. The Hall–Kier alpha value is -2.75. The Labute approximate surface area is 103 Å². The Morgan fingerprint density at radius 3 is 2.50 bits per heavy atom. The van der Waals surface area contributed by atoms with Gasteiger partial charge in [0.2, 0.25) is 11.2 Å². The van der Waals surface area contributed by atoms with Crippen LogP contribution in [0.4, 0.5) is 0 Å². The van der Waals surface area contributed by atoms with Crippen molar-refractivity contribution in [1.82, 2.24) is 20.2 Å². The van der Waals surface area contributed by atoms with E-state index in [-0.39, 0.29) is 17.3 Å². The van der Waals surface area contributed by atoms with Crippen LogP contribution in [0.15, 0.2) is 24.3 Å². The standard InChI is InChI=1S/C11H10N6O/c1-7-3-5-8(6-4-7)10(18)9(13-12)11-14-15-16-17(11)2/h3-6H,1-2H3/p+1. The first-order valence-electron chi connectivity index (χ1n) is 5.21. The normalized spacial score (nSPS) is 11.8. The molecule has 2 rings (SSSR count). The van der Waals surface area contributed by atoms with Crippen molar-refractivity contribution in [3.8, 4) is 0 Å². The number of aryl methyl sites for hydroxylation is 2. The number of aromatic nitrogens is 4. The molecule has 1 aromatic heterocycles. The SMILES string of the molecule is Cc1ccc(/C(O)=C(\[N+]#N)c2nnnn2C)cc1. The molecule has 18 heavy (non-hydrogen) atoms. The van der Waals surface area contributed by atoms with Gasteiger partial charge in [-0.15, -0.1) is 5.10 Å². The lowest BCUT2D eigenvalue weighted by Gasteiger charge is -1.98. The smallest absolute Gasteiger partial charge is 0.472 e. The van der Waals surface area contributed by atoms with Crippen LogP contribution >= 0.6 is 0 Å². The zero-order valence-corrected chi connectivity index (χ0v) is 9.94. The van der Waals surface area contributed by atoms with Crippen molar-refractivity contribution in [3.63, 3.8) is 0 Å². The van der Waals surface area contributed by atoms with Crippen LogP contribution in [0.25, 0.3) is 16.4 Å². The lowest BCUT2D eigenvalue weighted by Crippen LogP contribution is -1.99. The third-order valence-corrected chi connectivity index (χ3v) is 2.48. The minimum atomic E-state index is -0.185. The number of tetrazole rings is 1. The maximum absolute atomic E-state index is 10.1. The van der Waals surface area contributed by atoms with E-state index in [1.54, 1.807) is 19.2 Å². The highest BCUT2D eigenvalue weighted by atomic mass is 16.3. The molecule has 7 heteroatoms. The van der Waals surface area contributed by atoms with Gasteiger partial charge in [-0.25, -0.2) is 4.68 Å². The fourth-order valence-electron chi connectivity index (χ4n) is 1.48. The quantitative estimate of drug-likeness (QED) is 0.640. The first-order valence-corrected chi connectivity index (χ1v) is 5.21. The maximum atomic E-state index is 10.1. The molecule has 90 valence electrons. The summed E-state index contributed by atoms with van der Waals surface area (Å²) in [5.41, 5.74) is 1.51. The van der Waals surface area contributed by atoms with Gasteiger partial charge < -0.3 is 5.11 Å². The summed E-state index contributed by atoms with van der Waals surface area (Å²) >= 11 is 0. The number of diazo groups is 1. The molecule has 7 nitrogen and oxygen atoms in total. The van der Waals surface area contributed by atoms with Crippen LogP contribution in [0, 0.1) is 12.3 Å². The molecule has 0 atom stereocenters. The van der Waals surface area contributed by atoms with E-state index in [9.17, 15) is 5.11 Å². The summed E-state index contributed by atoms with van der Waals surface area (Å²) < 4.78 is 1.31. The summed E-state index contributed by atoms with van der Waals surface area (Å²) in [6.45, 7) is 1.94. The van der Waals surface area contributed by atoms with E-state index >= 15 is 0 Å². The van der Waals surface area contributed by atoms with Gasteiger partial charge in [0.1, 0.15) is 0 Å². The van der Waals surface area contributed by atoms with Gasteiger partial charge in [-0.2, -0.15) is 0 Å². The van der Waals surface area contributed by atoms with E-state index in [2.05, 4.69) is 20.5 Å². The lowest BCUT2D eigenvalue weighted by molar-refractivity contribution is 0.513. The minimum absolute atomic E-state index is 0.0775. The van der Waals surface area contributed by atoms with Crippen molar-refractivity contribution in [2.24, 2.45) is 7.05 Å². The molecule has 0 aliphatic rings. The predicted octanol–water partition coefficient (Wildman–Crippen LogP) is 1.76. The average molecular weight is 243 g/mol. The highest BCUT2D eigenvalue weighted by Crippen LogP contribution is 2.23. The molecule has 0 saturated carbocycles. The predicted molar refractivity (Wildman–Crippen MR) is 64.5 cm³/mol. The number of hydrogen-bond acceptors (Lipinski definition) is 5. The van der Waals surface area contributed by atoms with Crippen LogP contribution in [-0.4, -0.2) is 25.3 Å². The van der Waals surface area contributed by atoms with Gasteiger partial charge in [0.05, 0.1) is 0 Å². The molecule has 0 amide bonds. The second-order valence-corrected chi connectivity index (χ2v) is 3.79. The molecule has 2 aromatic rings. The molecule has 0 bridgehead atoms. The van der Waals surface area contributed by atoms with Gasteiger partial charge >= 0.3 is 5.70 Å². The Balaban J connectivity index is 2.55. The Morgan fingerprint density at radius 2 is 2.00 bits per heavy atom. The molecule has 0 aliphatic carbocycles. The van der Waals surface area contributed by atoms with Crippen molar-refractivity contribution in [2.45, 2.75) is 6.92 Å². The van der Waals surface area contributed by atoms with Crippen LogP contribution in [0.2, 0.25) is 0 Å². The molecule has 0 radical (unpaired) electrons. The molecule has 1 aromatic carbocycles. The monoisotopic (exact) mass is 243 g/mol. The summed E-state index contributed by atoms with van der Waals surface area (Å²) in [5.74, 6) is -0.00836. The van der Waals surface area contributed by atoms with E-state index in [1.165, 1.54) is 4.68 Å². The molecule has 1 N–H and O–H groups in total. The lowest BCUT2D eigenvalue weighted by atomic mass is 10.1. The second kappa shape index (κ2) is 4.63. The number of aliphatic hydroxyl groups is 1. The number of rotatable bonds is 2. The molecule has 0 spiro atoms. The highest BCUT2D eigenvalue weighted by molar-refractivity contribution is 5.87. The van der Waals surface area contributed by atoms with Gasteiger partial charge in [-0.05, 0) is 17.4 Å². The largest absolute Gasteiger partial charge is 0.501 e. The van der Waals surface area contributed by atoms with Crippen LogP contribution in [0.3, 0.4) is 0 Å². The molecule has 0 saturated heterocycles. The van der Waals surface area contributed by atoms with Crippen molar-refractivity contribution in [2.75, 3.05) is 0 Å². The van der Waals surface area contributed by atoms with Crippen molar-refractivity contribution in [3.05, 3.63) is 46.2 Å². The Morgan fingerprint density at radius 1 is 1.33 bits per heavy atom. The average Bonchev–Trinajstić information content (AvgIpc) is 2.78. The van der Waals surface area contributed by atoms with E-state index in [0.29, 0.717) is 5.56 Å². The van der Waals surface area contributed by atoms with Gasteiger partial charge in [-0.3, -0.25) is 0 Å². The summed E-state index contributed by atoms with van der Waals surface area (Å²) in [5, 5.41) is 29.8. The third-order valence-electron chi connectivity index (χ3n) is 2.48. The summed E-state index contributed by atoms with van der Waals surface area (Å²) in [7, 11) is 1.59. The zero-order chi connectivity index (χ0) is 13.1. The maximum Gasteiger partial charge on any atom is 0.472 e. The fraction of sp³-hybridized carbons (Fsp3) is 0.182. The van der Waals surface area contributed by atoms with Crippen LogP contribution in [0.5, 0.6) is 0 Å². The van der Waals surface area contributed by atoms with Crippen LogP contribution < -0.4 is 0 Å². The van der Waals surface area contributed by atoms with E-state index in [4.69, 9.17) is 5.39 Å². The number of hydrogen-bond donors (Lipinski definition) is 1. The van der Waals surface area contributed by atoms with Crippen LogP contribution in [-0.2, 0) is 7.05 Å². The first-order chi connectivity index (χ1) is 8.63. The van der Waals surface area contributed by atoms with Gasteiger partial charge in [-0.1, -0.05) is 29.8 Å². The van der Waals surface area contributed by atoms with E-state index in [0.717, 1.165) is 5.56 Å². The van der Waals surface area contributed by atoms with Gasteiger partial charge in [0.15, 0.2) is 4.98 Å². The zero-order valence-electron chi connectivity index (χ0n) is 9.94. The van der Waals surface area contributed by atoms with E-state index < -0.39 is 0 Å². The molecule has 1 heterocycles. The Bertz CT molecular complexity index is 634. The second-order valence-electron chi connectivity index (χ2n) is 3.79. The van der Waals surface area contributed by atoms with Crippen molar-refractivity contribution in [1.29, 1.82) is 5.39 Å². The molecule has 0 fully saturated rings. The van der Waals surface area contributed by atoms with Gasteiger partial charge in [0.25, 0.3) is 5.82 Å². The van der Waals surface area contributed by atoms with Crippen molar-refractivity contribution >= 4 is 11.5 Å². The fourth-order valence-corrected chi connectivity index (χ4v) is 1.48. The number of benzene rings is 1. The molecule has 0 aliphatic heterocycles. The summed E-state index contributed by atoms with van der Waals surface area (Å²) in [6, 6.07) is 7.13. The summed E-state index contributed by atoms with van der Waals surface area (Å²) in [4.78, 5) is 3.06. The van der Waals surface area contributed by atoms with Gasteiger partial charge in [0, 0.05) is 12.6 Å². The number of nitrogens with zero attached hydrogens (tertiary/aromatic N) is 6. The Kier molecular flexibility index (Phi) is 3.02. The number of aliphatic hydroxyl groups excluding tert-OH is 1. The molecular weight excluding hydrogens is 232 g/mol. The molecular formula is C11H11N6O+. The molecule has 0 unspecified atom stereocenters. The van der Waals surface area contributed by atoms with E-state index in [1.807, 2.05) is 19.1 Å². The first kappa shape index (κ1) is 11.7. The van der Waals surface area contributed by atoms with Crippen molar-refractivity contribution < 1.29 is 5.11 Å². The minimum Gasteiger partial charge on any atom is -0.501 e. The topological polar surface area (TPSA) is 92.0 Å². The summed E-state index contributed by atoms with van der Waals surface area (Å²) in [6.07, 6.45) is 0. The third kappa shape index (κ3) is 2.04. The van der Waals surface area contributed by atoms with Crippen LogP contribution in [0.1, 0.15) is 17.0 Å².